The lowest BCUT2D eigenvalue weighted by molar-refractivity contribution is -0.127. The third kappa shape index (κ3) is 22.1. The Balaban J connectivity index is 0.000000326. The number of aromatic hydroxyl groups is 2. The number of phenols is 2. The van der Waals surface area contributed by atoms with Crippen molar-refractivity contribution in [1.82, 2.24) is 30.8 Å². The second-order valence-electron chi connectivity index (χ2n) is 13.5. The van der Waals surface area contributed by atoms with Gasteiger partial charge < -0.3 is 20.1 Å². The van der Waals surface area contributed by atoms with Crippen LogP contribution < -0.4 is 16.7 Å². The molecular weight excluding hydrogens is 1110 g/mol. The highest BCUT2D eigenvalue weighted by atomic mass is 35.5. The first-order valence-electron chi connectivity index (χ1n) is 21.2. The number of carboxylic acid groups (broad SMARTS) is 1. The Morgan fingerprint density at radius 3 is 1.30 bits per heavy atom. The van der Waals surface area contributed by atoms with Crippen LogP contribution in [0.25, 0.3) is 21.5 Å². The summed E-state index contributed by atoms with van der Waals surface area (Å²) in [7, 11) is 1.30. The summed E-state index contributed by atoms with van der Waals surface area (Å²) >= 11 is 31.2. The van der Waals surface area contributed by atoms with Gasteiger partial charge in [-0.25, -0.2) is 40.8 Å². The quantitative estimate of drug-likeness (QED) is 0.0120. The summed E-state index contributed by atoms with van der Waals surface area (Å²) in [6.07, 6.45) is 7.55. The number of pyridine rings is 4. The van der Waals surface area contributed by atoms with Gasteiger partial charge in [-0.1, -0.05) is 121 Å². The van der Waals surface area contributed by atoms with E-state index in [0.717, 1.165) is 21.5 Å². The van der Waals surface area contributed by atoms with Crippen LogP contribution in [-0.4, -0.2) is 89.1 Å². The summed E-state index contributed by atoms with van der Waals surface area (Å²) in [5, 5.41) is 34.8. The number of carboxylic acids is 1. The number of esters is 1. The number of hydrazine groups is 1. The number of nitrogens with zero attached hydrogens (tertiary/aromatic N) is 5. The van der Waals surface area contributed by atoms with Gasteiger partial charge >= 0.3 is 22.4 Å². The molecule has 0 aliphatic rings. The van der Waals surface area contributed by atoms with E-state index in [-0.39, 0.29) is 34.3 Å². The molecule has 4 aromatic heterocycles. The van der Waals surface area contributed by atoms with Crippen LogP contribution in [0.3, 0.4) is 0 Å². The van der Waals surface area contributed by atoms with E-state index in [1.165, 1.54) is 74.5 Å². The maximum Gasteiger partial charge on any atom is 0.356 e. The van der Waals surface area contributed by atoms with Gasteiger partial charge in [-0.05, 0) is 105 Å². The third-order valence-corrected chi connectivity index (χ3v) is 9.98. The number of amides is 2. The molecule has 394 valence electrons. The lowest BCUT2D eigenvalue weighted by Gasteiger charge is -2.04. The fraction of sp³-hybridized carbons (Fsp3) is 0.0588. The standard InChI is InChI=1S/C17H12ClN3O2.C11H8O2.C7H6ClNO2.C6H6ClN3O.C6H4ClNO2.C2Cl2O2.C2H6/c18-12-6-7-15(19-9-12)17(23)21-20-10-14-13-4-2-1-3-11(13)5-8-16(14)22;12-7-10-9-4-2-1-3-8(9)5-6-11(10)13;1-11-7(10)6-3-2-5(8)4-9-6;7-4-1-2-5(9-3-4)6(11)10-8;7-4-1-2-5(6(9)10)8-3-4;3-1(5)2(4)6;1-2/h1-10,22H,(H,21,23);1-7,13H;2-4H,1H3;1-3H,8H2,(H,10,11);1-3H,(H,9,10);;1-2H3/b20-10+;;;;;;. The Morgan fingerprint density at radius 2 is 0.934 bits per heavy atom. The molecule has 7 N–H and O–H groups in total. The molecule has 0 fully saturated rings. The molecule has 0 unspecified atom stereocenters. The molecule has 0 saturated carbocycles. The largest absolute Gasteiger partial charge is 0.507 e. The molecule has 4 aromatic carbocycles. The fourth-order valence-corrected chi connectivity index (χ4v) is 5.69. The lowest BCUT2D eigenvalue weighted by atomic mass is 10.0. The minimum Gasteiger partial charge on any atom is -0.507 e. The first kappa shape index (κ1) is 64.0. The number of carbonyl (C=O) groups is 7. The molecule has 0 atom stereocenters. The van der Waals surface area contributed by atoms with Gasteiger partial charge in [0.05, 0.1) is 39.0 Å². The number of methoxy groups -OCH3 is 1. The molecule has 8 rings (SSSR count). The van der Waals surface area contributed by atoms with Crippen molar-refractivity contribution in [1.29, 1.82) is 0 Å². The summed E-state index contributed by atoms with van der Waals surface area (Å²) in [6, 6.07) is 33.8. The van der Waals surface area contributed by atoms with Crippen LogP contribution in [0.1, 0.15) is 71.7 Å². The van der Waals surface area contributed by atoms with Crippen molar-refractivity contribution < 1.29 is 53.6 Å². The molecule has 4 heterocycles. The number of halogens is 6. The molecule has 2 amide bonds. The van der Waals surface area contributed by atoms with Crippen LogP contribution in [0.15, 0.2) is 151 Å². The number of rotatable bonds is 8. The van der Waals surface area contributed by atoms with Gasteiger partial charge in [-0.2, -0.15) is 5.10 Å². The normalized spacial score (nSPS) is 9.66. The third-order valence-electron chi connectivity index (χ3n) is 8.65. The maximum absolute atomic E-state index is 11.9. The van der Waals surface area contributed by atoms with Crippen LogP contribution in [-0.2, 0) is 14.3 Å². The second-order valence-corrected chi connectivity index (χ2v) is 16.0. The predicted molar refractivity (Wildman–Crippen MR) is 292 cm³/mol. The number of aldehydes is 1. The highest BCUT2D eigenvalue weighted by Crippen LogP contribution is 2.26. The number of nitrogens with two attached hydrogens (primary N) is 1. The van der Waals surface area contributed by atoms with Gasteiger partial charge in [0, 0.05) is 30.4 Å². The minimum atomic E-state index is -1.14. The number of aromatic nitrogens is 4. The van der Waals surface area contributed by atoms with Crippen molar-refractivity contribution in [3.8, 4) is 11.5 Å². The smallest absolute Gasteiger partial charge is 0.356 e. The SMILES string of the molecule is CC.COC(=O)c1ccc(Cl)cn1.NNC(=O)c1ccc(Cl)cn1.O=C(Cl)C(=O)Cl.O=C(N/N=C/c1c(O)ccc2ccccc12)c1ccc(Cl)cn1.O=C(O)c1ccc(Cl)cn1.O=Cc1c(O)ccc2ccccc12. The summed E-state index contributed by atoms with van der Waals surface area (Å²) in [6.45, 7) is 4.00. The van der Waals surface area contributed by atoms with Gasteiger partial charge in [0.1, 0.15) is 34.3 Å². The average Bonchev–Trinajstić information content (AvgIpc) is 3.43. The van der Waals surface area contributed by atoms with E-state index >= 15 is 0 Å². The first-order valence-corrected chi connectivity index (χ1v) is 23.4. The highest BCUT2D eigenvalue weighted by molar-refractivity contribution is 6.97. The van der Waals surface area contributed by atoms with E-state index in [2.05, 4.69) is 58.4 Å². The molecule has 8 aromatic rings. The zero-order valence-electron chi connectivity index (χ0n) is 39.7. The highest BCUT2D eigenvalue weighted by Gasteiger charge is 2.09. The van der Waals surface area contributed by atoms with Crippen molar-refractivity contribution in [2.24, 2.45) is 10.9 Å². The average molecular weight is 1160 g/mol. The number of phenolic OH excluding ortho intramolecular Hbond substituents is 2. The van der Waals surface area contributed by atoms with Crippen molar-refractivity contribution in [2.45, 2.75) is 13.8 Å². The number of ether oxygens (including phenoxy) is 1. The van der Waals surface area contributed by atoms with Crippen molar-refractivity contribution in [3.63, 3.8) is 0 Å². The Labute approximate surface area is 463 Å². The van der Waals surface area contributed by atoms with Crippen molar-refractivity contribution >= 4 is 138 Å². The Hall–Kier alpha value is -8.14. The molecule has 76 heavy (non-hydrogen) atoms. The monoisotopic (exact) mass is 1150 g/mol. The Morgan fingerprint density at radius 1 is 0.553 bits per heavy atom. The van der Waals surface area contributed by atoms with E-state index in [0.29, 0.717) is 37.5 Å². The van der Waals surface area contributed by atoms with Crippen molar-refractivity contribution in [3.05, 3.63) is 200 Å². The van der Waals surface area contributed by atoms with E-state index in [4.69, 9.17) is 57.4 Å². The van der Waals surface area contributed by atoms with E-state index in [1.807, 2.05) is 73.9 Å². The number of nitrogen functional groups attached to an aromatic ring is 1. The molecule has 25 heteroatoms. The number of nitrogens with one attached hydrogen (secondary N) is 2. The Bertz CT molecular complexity index is 3180. The second kappa shape index (κ2) is 34.4. The zero-order chi connectivity index (χ0) is 56.7. The number of aromatic carboxylic acids is 1. The predicted octanol–water partition coefficient (Wildman–Crippen LogP) is 10.6. The number of hydrogen-bond acceptors (Lipinski definition) is 16. The van der Waals surface area contributed by atoms with E-state index < -0.39 is 34.2 Å². The summed E-state index contributed by atoms with van der Waals surface area (Å²) < 4.78 is 4.43. The maximum atomic E-state index is 11.9. The van der Waals surface area contributed by atoms with Crippen molar-refractivity contribution in [2.75, 3.05) is 7.11 Å². The topological polar surface area (TPSA) is 303 Å². The van der Waals surface area contributed by atoms with Gasteiger partial charge in [0.2, 0.25) is 0 Å². The number of hydrazone groups is 1. The number of fused-ring (bicyclic) bond motifs is 2. The fourth-order valence-electron chi connectivity index (χ4n) is 5.24. The molecule has 0 spiro atoms. The van der Waals surface area contributed by atoms with Gasteiger partial charge in [0.25, 0.3) is 11.8 Å². The number of hydrogen-bond donors (Lipinski definition) is 6. The molecule has 0 aliphatic carbocycles. The lowest BCUT2D eigenvalue weighted by Crippen LogP contribution is -2.30. The number of benzene rings is 4. The first-order chi connectivity index (χ1) is 36.3. The molecule has 0 saturated heterocycles. The van der Waals surface area contributed by atoms with Gasteiger partial charge in [0.15, 0.2) is 6.29 Å². The van der Waals surface area contributed by atoms with Gasteiger partial charge in [-0.15, -0.1) is 0 Å². The number of carbonyl (C=O) groups excluding carboxylic acids is 6. The molecule has 0 aliphatic heterocycles. The van der Waals surface area contributed by atoms with Crippen LogP contribution in [0, 0.1) is 0 Å². The molecule has 0 bridgehead atoms. The van der Waals surface area contributed by atoms with Crippen LogP contribution in [0.2, 0.25) is 20.1 Å². The summed E-state index contributed by atoms with van der Waals surface area (Å²) in [5.74, 6) is 2.60. The molecule has 0 radical (unpaired) electrons. The van der Waals surface area contributed by atoms with E-state index in [9.17, 15) is 43.8 Å². The summed E-state index contributed by atoms with van der Waals surface area (Å²) in [4.78, 5) is 88.1. The zero-order valence-corrected chi connectivity index (χ0v) is 44.2. The molecular formula is C51H42Cl6N8O11. The minimum absolute atomic E-state index is 0.00407. The molecule has 19 nitrogen and oxygen atoms in total. The van der Waals surface area contributed by atoms with Crippen LogP contribution >= 0.6 is 69.6 Å². The van der Waals surface area contributed by atoms with Gasteiger partial charge in [-0.3, -0.25) is 29.4 Å². The summed E-state index contributed by atoms with van der Waals surface area (Å²) in [5.41, 5.74) is 5.94. The Kier molecular flexibility index (Phi) is 28.9. The van der Waals surface area contributed by atoms with Crippen LogP contribution in [0.5, 0.6) is 11.5 Å². The van der Waals surface area contributed by atoms with Crippen LogP contribution in [0.4, 0.5) is 0 Å². The van der Waals surface area contributed by atoms with E-state index in [1.54, 1.807) is 30.3 Å².